The summed E-state index contributed by atoms with van der Waals surface area (Å²) in [7, 11) is -3.75. The molecule has 0 unspecified atom stereocenters. The molecule has 3 aromatic heterocycles. The van der Waals surface area contributed by atoms with Crippen molar-refractivity contribution in [2.45, 2.75) is 30.9 Å². The molecule has 1 aliphatic rings. The van der Waals surface area contributed by atoms with Gasteiger partial charge in [0.1, 0.15) is 6.33 Å². The second-order valence-corrected chi connectivity index (χ2v) is 8.13. The van der Waals surface area contributed by atoms with E-state index in [2.05, 4.69) is 20.3 Å². The first-order valence-electron chi connectivity index (χ1n) is 7.74. The van der Waals surface area contributed by atoms with E-state index in [0.717, 1.165) is 5.56 Å². The summed E-state index contributed by atoms with van der Waals surface area (Å²) in [5.74, 6) is 0.373. The van der Waals surface area contributed by atoms with E-state index >= 15 is 0 Å². The van der Waals surface area contributed by atoms with Gasteiger partial charge in [-0.3, -0.25) is 0 Å². The monoisotopic (exact) mass is 382 g/mol. The molecule has 0 N–H and O–H groups in total. The lowest BCUT2D eigenvalue weighted by atomic mass is 9.91. The van der Waals surface area contributed by atoms with Gasteiger partial charge in [0.2, 0.25) is 5.89 Å². The van der Waals surface area contributed by atoms with Crippen molar-refractivity contribution in [3.63, 3.8) is 0 Å². The average Bonchev–Trinajstić information content (AvgIpc) is 3.23. The van der Waals surface area contributed by atoms with Gasteiger partial charge in [-0.1, -0.05) is 16.7 Å². The fourth-order valence-electron chi connectivity index (χ4n) is 3.05. The van der Waals surface area contributed by atoms with Crippen LogP contribution in [-0.4, -0.2) is 50.6 Å². The van der Waals surface area contributed by atoms with Crippen molar-refractivity contribution in [3.8, 4) is 0 Å². The predicted molar refractivity (Wildman–Crippen MR) is 87.8 cm³/mol. The van der Waals surface area contributed by atoms with Crippen molar-refractivity contribution < 1.29 is 12.8 Å². The highest BCUT2D eigenvalue weighted by atomic mass is 35.5. The van der Waals surface area contributed by atoms with Crippen LogP contribution in [0, 0.1) is 6.92 Å². The third-order valence-corrected chi connectivity index (χ3v) is 6.33. The van der Waals surface area contributed by atoms with Gasteiger partial charge in [0.05, 0.1) is 0 Å². The molecule has 4 heterocycles. The van der Waals surface area contributed by atoms with E-state index in [-0.39, 0.29) is 17.0 Å². The topological polar surface area (TPSA) is 106 Å². The zero-order chi connectivity index (χ0) is 17.6. The van der Waals surface area contributed by atoms with Gasteiger partial charge < -0.3 is 4.42 Å². The third-order valence-electron chi connectivity index (χ3n) is 4.36. The molecule has 9 nitrogen and oxygen atoms in total. The van der Waals surface area contributed by atoms with Gasteiger partial charge in [-0.15, -0.1) is 5.10 Å². The first-order chi connectivity index (χ1) is 11.9. The van der Waals surface area contributed by atoms with Gasteiger partial charge in [-0.05, 0) is 24.3 Å². The van der Waals surface area contributed by atoms with Crippen molar-refractivity contribution in [1.82, 2.24) is 29.1 Å². The molecule has 3 aromatic rings. The molecule has 11 heteroatoms. The fraction of sp³-hybridized carbons (Fsp3) is 0.429. The summed E-state index contributed by atoms with van der Waals surface area (Å²) in [6, 6.07) is 1.77. The Hall–Kier alpha value is -2.04. The molecule has 1 fully saturated rings. The van der Waals surface area contributed by atoms with Gasteiger partial charge in [0.15, 0.2) is 5.65 Å². The van der Waals surface area contributed by atoms with Gasteiger partial charge in [0.25, 0.3) is 10.0 Å². The number of aromatic nitrogens is 5. The van der Waals surface area contributed by atoms with E-state index in [0.29, 0.717) is 36.6 Å². The molecule has 0 amide bonds. The smallest absolute Gasteiger partial charge is 0.351 e. The number of hydrogen-bond acceptors (Lipinski definition) is 7. The summed E-state index contributed by atoms with van der Waals surface area (Å²) in [4.78, 5) is 4.10. The molecule has 0 radical (unpaired) electrons. The van der Waals surface area contributed by atoms with E-state index in [1.807, 2.05) is 6.20 Å². The Balaban J connectivity index is 1.53. The molecule has 132 valence electrons. The maximum atomic E-state index is 12.5. The van der Waals surface area contributed by atoms with E-state index < -0.39 is 10.0 Å². The van der Waals surface area contributed by atoms with Crippen LogP contribution in [-0.2, 0) is 10.0 Å². The lowest BCUT2D eigenvalue weighted by molar-refractivity contribution is 0.304. The third kappa shape index (κ3) is 2.90. The minimum atomic E-state index is -3.75. The predicted octanol–water partition coefficient (Wildman–Crippen LogP) is 1.64. The SMILES string of the molecule is Cc1nnc(S(=O)(=O)N2CCC(c3cn4ncnc4cc3Cl)CC2)o1. The second-order valence-electron chi connectivity index (χ2n) is 5.90. The molecule has 0 aliphatic carbocycles. The maximum Gasteiger partial charge on any atom is 0.351 e. The highest BCUT2D eigenvalue weighted by molar-refractivity contribution is 7.88. The minimum absolute atomic E-state index is 0.150. The first kappa shape index (κ1) is 16.4. The van der Waals surface area contributed by atoms with Crippen molar-refractivity contribution in [2.75, 3.05) is 13.1 Å². The van der Waals surface area contributed by atoms with Crippen molar-refractivity contribution in [2.24, 2.45) is 0 Å². The molecule has 0 saturated carbocycles. The summed E-state index contributed by atoms with van der Waals surface area (Å²) >= 11 is 6.37. The van der Waals surface area contributed by atoms with Gasteiger partial charge in [-0.25, -0.2) is 17.9 Å². The standard InChI is InChI=1S/C14H15ClN6O3S/c1-9-18-19-14(24-9)25(22,23)20-4-2-10(3-5-20)11-7-21-13(6-12(11)15)16-8-17-21/h6-8,10H,2-5H2,1H3. The van der Waals surface area contributed by atoms with Crippen LogP contribution in [0.4, 0.5) is 0 Å². The molecule has 0 bridgehead atoms. The summed E-state index contributed by atoms with van der Waals surface area (Å²) in [6.07, 6.45) is 4.62. The number of hydrogen-bond donors (Lipinski definition) is 0. The molecule has 0 spiro atoms. The normalized spacial score (nSPS) is 17.4. The number of piperidine rings is 1. The average molecular weight is 383 g/mol. The molecule has 1 aliphatic heterocycles. The van der Waals surface area contributed by atoms with Crippen molar-refractivity contribution in [3.05, 3.63) is 35.1 Å². The molecule has 1 saturated heterocycles. The lowest BCUT2D eigenvalue weighted by Gasteiger charge is -2.30. The number of sulfonamides is 1. The van der Waals surface area contributed by atoms with Crippen LogP contribution in [0.5, 0.6) is 0 Å². The maximum absolute atomic E-state index is 12.5. The van der Waals surface area contributed by atoms with Gasteiger partial charge in [0, 0.05) is 37.3 Å². The molecule has 4 rings (SSSR count). The van der Waals surface area contributed by atoms with Crippen LogP contribution in [0.15, 0.2) is 28.2 Å². The Morgan fingerprint density at radius 1 is 1.28 bits per heavy atom. The molecular formula is C14H15ClN6O3S. The summed E-state index contributed by atoms with van der Waals surface area (Å²) in [6.45, 7) is 2.28. The van der Waals surface area contributed by atoms with Crippen molar-refractivity contribution >= 4 is 27.3 Å². The number of rotatable bonds is 3. The highest BCUT2D eigenvalue weighted by Gasteiger charge is 2.34. The van der Waals surface area contributed by atoms with Gasteiger partial charge >= 0.3 is 5.22 Å². The van der Waals surface area contributed by atoms with Crippen LogP contribution < -0.4 is 0 Å². The quantitative estimate of drug-likeness (QED) is 0.677. The van der Waals surface area contributed by atoms with Gasteiger partial charge in [-0.2, -0.15) is 9.40 Å². The number of aryl methyl sites for hydroxylation is 1. The second kappa shape index (κ2) is 6.04. The Morgan fingerprint density at radius 3 is 2.72 bits per heavy atom. The van der Waals surface area contributed by atoms with Crippen LogP contribution in [0.1, 0.15) is 30.2 Å². The Bertz CT molecular complexity index is 1020. The van der Waals surface area contributed by atoms with E-state index in [1.54, 1.807) is 17.5 Å². The Labute approximate surface area is 148 Å². The lowest BCUT2D eigenvalue weighted by Crippen LogP contribution is -2.38. The molecule has 0 aromatic carbocycles. The Morgan fingerprint density at radius 2 is 2.04 bits per heavy atom. The van der Waals surface area contributed by atoms with E-state index in [4.69, 9.17) is 16.0 Å². The fourth-order valence-corrected chi connectivity index (χ4v) is 4.64. The summed E-state index contributed by atoms with van der Waals surface area (Å²) in [5, 5.41) is 11.6. The van der Waals surface area contributed by atoms with Crippen LogP contribution in [0.3, 0.4) is 0 Å². The zero-order valence-corrected chi connectivity index (χ0v) is 14.9. The molecule has 25 heavy (non-hydrogen) atoms. The molecule has 0 atom stereocenters. The van der Waals surface area contributed by atoms with Crippen LogP contribution in [0.2, 0.25) is 5.02 Å². The van der Waals surface area contributed by atoms with E-state index in [9.17, 15) is 8.42 Å². The van der Waals surface area contributed by atoms with Crippen LogP contribution >= 0.6 is 11.6 Å². The minimum Gasteiger partial charge on any atom is -0.412 e. The first-order valence-corrected chi connectivity index (χ1v) is 9.56. The Kier molecular flexibility index (Phi) is 3.97. The van der Waals surface area contributed by atoms with Crippen LogP contribution in [0.25, 0.3) is 5.65 Å². The number of fused-ring (bicyclic) bond motifs is 1. The largest absolute Gasteiger partial charge is 0.412 e. The number of nitrogens with zero attached hydrogens (tertiary/aromatic N) is 6. The zero-order valence-electron chi connectivity index (χ0n) is 13.3. The van der Waals surface area contributed by atoms with E-state index in [1.165, 1.54) is 10.6 Å². The summed E-state index contributed by atoms with van der Waals surface area (Å²) < 4.78 is 33.2. The molecular weight excluding hydrogens is 368 g/mol. The number of pyridine rings is 1. The number of halogens is 1. The highest BCUT2D eigenvalue weighted by Crippen LogP contribution is 2.34. The van der Waals surface area contributed by atoms with Crippen molar-refractivity contribution in [1.29, 1.82) is 0 Å². The summed E-state index contributed by atoms with van der Waals surface area (Å²) in [5.41, 5.74) is 1.63.